The fourth-order valence-corrected chi connectivity index (χ4v) is 3.76. The van der Waals surface area contributed by atoms with Crippen molar-refractivity contribution < 1.29 is 23.5 Å². The molecule has 3 aromatic carbocycles. The summed E-state index contributed by atoms with van der Waals surface area (Å²) in [6.07, 6.45) is 1.36. The number of carbonyl (C=O) groups is 2. The summed E-state index contributed by atoms with van der Waals surface area (Å²) in [4.78, 5) is 24.0. The number of hydrogen-bond acceptors (Lipinski definition) is 5. The molecular weight excluding hydrogens is 541 g/mol. The number of ether oxygens (including phenoxy) is 2. The highest BCUT2D eigenvalue weighted by atomic mass is 79.9. The van der Waals surface area contributed by atoms with E-state index in [9.17, 15) is 14.0 Å². The zero-order chi connectivity index (χ0) is 25.4. The molecule has 0 bridgehead atoms. The van der Waals surface area contributed by atoms with E-state index in [1.807, 2.05) is 38.1 Å². The van der Waals surface area contributed by atoms with Gasteiger partial charge in [-0.05, 0) is 71.2 Å². The van der Waals surface area contributed by atoms with Crippen LogP contribution in [0.4, 0.5) is 10.1 Å². The molecule has 0 aliphatic heterocycles. The number of aryl methyl sites for hydroxylation is 1. The molecule has 0 spiro atoms. The normalized spacial score (nSPS) is 10.8. The van der Waals surface area contributed by atoms with E-state index in [2.05, 4.69) is 31.8 Å². The van der Waals surface area contributed by atoms with Crippen LogP contribution >= 0.6 is 27.5 Å². The van der Waals surface area contributed by atoms with Crippen molar-refractivity contribution in [3.8, 4) is 11.5 Å². The Bertz CT molecular complexity index is 1270. The first-order valence-corrected chi connectivity index (χ1v) is 11.7. The molecule has 2 amide bonds. The number of hydrogen-bond donors (Lipinski definition) is 2. The molecule has 0 saturated carbocycles. The van der Waals surface area contributed by atoms with E-state index in [0.717, 1.165) is 17.2 Å². The summed E-state index contributed by atoms with van der Waals surface area (Å²) in [6.45, 7) is 4.64. The third-order valence-corrected chi connectivity index (χ3v) is 5.44. The van der Waals surface area contributed by atoms with E-state index in [0.29, 0.717) is 34.7 Å². The molecule has 0 aromatic heterocycles. The van der Waals surface area contributed by atoms with Crippen molar-refractivity contribution in [3.05, 3.63) is 86.6 Å². The summed E-state index contributed by atoms with van der Waals surface area (Å²) in [6, 6.07) is 15.0. The minimum Gasteiger partial charge on any atom is -0.490 e. The number of halogens is 3. The number of anilines is 1. The van der Waals surface area contributed by atoms with Gasteiger partial charge in [0.25, 0.3) is 0 Å². The van der Waals surface area contributed by atoms with Crippen LogP contribution in [0.1, 0.15) is 23.6 Å². The minimum atomic E-state index is -1.01. The lowest BCUT2D eigenvalue weighted by molar-refractivity contribution is -0.136. The van der Waals surface area contributed by atoms with Crippen molar-refractivity contribution in [2.75, 3.05) is 11.9 Å². The molecule has 0 atom stereocenters. The monoisotopic (exact) mass is 561 g/mol. The Morgan fingerprint density at radius 3 is 2.63 bits per heavy atom. The summed E-state index contributed by atoms with van der Waals surface area (Å²) in [5.41, 5.74) is 5.06. The highest BCUT2D eigenvalue weighted by Crippen LogP contribution is 2.37. The molecule has 182 valence electrons. The van der Waals surface area contributed by atoms with Gasteiger partial charge < -0.3 is 14.8 Å². The van der Waals surface area contributed by atoms with Crippen LogP contribution in [0.15, 0.2) is 64.2 Å². The minimum absolute atomic E-state index is 0.173. The highest BCUT2D eigenvalue weighted by molar-refractivity contribution is 9.10. The molecule has 3 rings (SSSR count). The molecule has 0 saturated heterocycles. The predicted molar refractivity (Wildman–Crippen MR) is 137 cm³/mol. The van der Waals surface area contributed by atoms with Gasteiger partial charge in [-0.25, -0.2) is 9.82 Å². The zero-order valence-electron chi connectivity index (χ0n) is 18.9. The van der Waals surface area contributed by atoms with Crippen LogP contribution in [0.25, 0.3) is 0 Å². The fraction of sp³-hybridized carbons (Fsp3) is 0.160. The van der Waals surface area contributed by atoms with Crippen molar-refractivity contribution in [2.24, 2.45) is 5.10 Å². The van der Waals surface area contributed by atoms with Crippen LogP contribution in [0.3, 0.4) is 0 Å². The van der Waals surface area contributed by atoms with Gasteiger partial charge in [-0.15, -0.1) is 0 Å². The second kappa shape index (κ2) is 12.3. The van der Waals surface area contributed by atoms with E-state index < -0.39 is 17.6 Å². The van der Waals surface area contributed by atoms with Crippen molar-refractivity contribution in [3.63, 3.8) is 0 Å². The maximum atomic E-state index is 13.2. The number of hydrazone groups is 1. The molecule has 7 nitrogen and oxygen atoms in total. The molecule has 0 radical (unpaired) electrons. The van der Waals surface area contributed by atoms with Crippen LogP contribution in [0, 0.1) is 12.7 Å². The van der Waals surface area contributed by atoms with Crippen LogP contribution in [-0.4, -0.2) is 24.6 Å². The van der Waals surface area contributed by atoms with Crippen molar-refractivity contribution in [2.45, 2.75) is 20.5 Å². The molecule has 10 heteroatoms. The van der Waals surface area contributed by atoms with Gasteiger partial charge >= 0.3 is 11.8 Å². The second-order valence-corrected chi connectivity index (χ2v) is 8.58. The summed E-state index contributed by atoms with van der Waals surface area (Å²) in [7, 11) is 0. The van der Waals surface area contributed by atoms with Crippen molar-refractivity contribution in [1.29, 1.82) is 0 Å². The Kier molecular flexibility index (Phi) is 9.22. The van der Waals surface area contributed by atoms with Crippen LogP contribution in [0.5, 0.6) is 11.5 Å². The van der Waals surface area contributed by atoms with E-state index in [1.165, 1.54) is 18.3 Å². The Morgan fingerprint density at radius 2 is 1.91 bits per heavy atom. The van der Waals surface area contributed by atoms with Gasteiger partial charge in [-0.3, -0.25) is 9.59 Å². The Balaban J connectivity index is 1.65. The second-order valence-electron chi connectivity index (χ2n) is 7.32. The Labute approximate surface area is 215 Å². The fourth-order valence-electron chi connectivity index (χ4n) is 3.00. The van der Waals surface area contributed by atoms with Gasteiger partial charge in [0.2, 0.25) is 0 Å². The highest BCUT2D eigenvalue weighted by Gasteiger charge is 2.15. The van der Waals surface area contributed by atoms with E-state index >= 15 is 0 Å². The van der Waals surface area contributed by atoms with Gasteiger partial charge in [-0.1, -0.05) is 41.4 Å². The number of nitrogens with one attached hydrogen (secondary N) is 2. The number of carbonyl (C=O) groups excluding carboxylic acids is 2. The van der Waals surface area contributed by atoms with Gasteiger partial charge in [-0.2, -0.15) is 5.10 Å². The Morgan fingerprint density at radius 1 is 1.11 bits per heavy atom. The molecule has 0 heterocycles. The number of benzene rings is 3. The lowest BCUT2D eigenvalue weighted by Crippen LogP contribution is -2.32. The average molecular weight is 563 g/mol. The molecule has 3 aromatic rings. The van der Waals surface area contributed by atoms with Gasteiger partial charge in [0.1, 0.15) is 12.4 Å². The topological polar surface area (TPSA) is 89.0 Å². The van der Waals surface area contributed by atoms with E-state index in [4.69, 9.17) is 21.1 Å². The molecular formula is C25H22BrClFN3O4. The smallest absolute Gasteiger partial charge is 0.329 e. The van der Waals surface area contributed by atoms with Crippen molar-refractivity contribution >= 4 is 51.2 Å². The lowest BCUT2D eigenvalue weighted by Gasteiger charge is -2.15. The van der Waals surface area contributed by atoms with Crippen molar-refractivity contribution in [1.82, 2.24) is 5.43 Å². The number of amides is 2. The third kappa shape index (κ3) is 7.53. The first kappa shape index (κ1) is 26.2. The van der Waals surface area contributed by atoms with Gasteiger partial charge in [0.15, 0.2) is 11.5 Å². The van der Waals surface area contributed by atoms with E-state index in [-0.39, 0.29) is 10.7 Å². The van der Waals surface area contributed by atoms with Crippen LogP contribution in [0.2, 0.25) is 5.02 Å². The summed E-state index contributed by atoms with van der Waals surface area (Å²) in [5, 5.41) is 5.96. The first-order chi connectivity index (χ1) is 16.8. The van der Waals surface area contributed by atoms with Crippen LogP contribution in [-0.2, 0) is 16.2 Å². The first-order valence-electron chi connectivity index (χ1n) is 10.5. The third-order valence-electron chi connectivity index (χ3n) is 4.56. The number of nitrogens with zero attached hydrogens (tertiary/aromatic N) is 1. The summed E-state index contributed by atoms with van der Waals surface area (Å²) < 4.78 is 25.6. The van der Waals surface area contributed by atoms with Gasteiger partial charge in [0, 0.05) is 5.69 Å². The SMILES string of the molecule is CCOc1cc(/C=N/NC(=O)C(=O)Nc2ccc(F)c(Cl)c2)cc(Br)c1OCc1cccc(C)c1. The Hall–Kier alpha value is -3.43. The summed E-state index contributed by atoms with van der Waals surface area (Å²) >= 11 is 9.16. The lowest BCUT2D eigenvalue weighted by atomic mass is 10.1. The quantitative estimate of drug-likeness (QED) is 0.212. The summed E-state index contributed by atoms with van der Waals surface area (Å²) in [5.74, 6) is -1.60. The zero-order valence-corrected chi connectivity index (χ0v) is 21.2. The molecule has 0 unspecified atom stereocenters. The predicted octanol–water partition coefficient (Wildman–Crippen LogP) is 5.62. The molecule has 35 heavy (non-hydrogen) atoms. The average Bonchev–Trinajstić information content (AvgIpc) is 2.81. The molecule has 0 aliphatic carbocycles. The largest absolute Gasteiger partial charge is 0.490 e. The molecule has 0 aliphatic rings. The maximum Gasteiger partial charge on any atom is 0.329 e. The number of rotatable bonds is 8. The maximum absolute atomic E-state index is 13.2. The standard InChI is InChI=1S/C25H22BrClFN3O4/c1-3-34-22-11-17(10-19(26)23(22)35-14-16-6-4-5-15(2)9-16)13-29-31-25(33)24(32)30-18-7-8-21(28)20(27)12-18/h4-13H,3,14H2,1-2H3,(H,30,32)(H,31,33)/b29-13+. The molecule has 0 fully saturated rings. The van der Waals surface area contributed by atoms with E-state index in [1.54, 1.807) is 12.1 Å². The van der Waals surface area contributed by atoms with Gasteiger partial charge in [0.05, 0.1) is 22.3 Å². The van der Waals surface area contributed by atoms with Crippen LogP contribution < -0.4 is 20.2 Å². The molecule has 2 N–H and O–H groups in total.